The molecule has 0 saturated heterocycles. The first-order valence-electron chi connectivity index (χ1n) is 8.38. The van der Waals surface area contributed by atoms with Crippen molar-refractivity contribution in [3.8, 4) is 0 Å². The second-order valence-corrected chi connectivity index (χ2v) is 9.24. The number of carbonyl (C=O) groups excluding carboxylic acids is 1. The lowest BCUT2D eigenvalue weighted by Crippen LogP contribution is -2.24. The van der Waals surface area contributed by atoms with Crippen molar-refractivity contribution in [2.45, 2.75) is 75.8 Å². The van der Waals surface area contributed by atoms with Crippen LogP contribution in [0.15, 0.2) is 10.4 Å². The van der Waals surface area contributed by atoms with Gasteiger partial charge in [-0.25, -0.2) is 0 Å². The lowest BCUT2D eigenvalue weighted by atomic mass is 9.80. The predicted octanol–water partition coefficient (Wildman–Crippen LogP) is 6.61. The van der Waals surface area contributed by atoms with Crippen LogP contribution >= 0.6 is 39.3 Å². The number of esters is 1. The molecule has 1 rings (SSSR count). The lowest BCUT2D eigenvalue weighted by Gasteiger charge is -2.31. The molecule has 128 valence electrons. The van der Waals surface area contributed by atoms with Gasteiger partial charge < -0.3 is 4.74 Å². The molecule has 2 unspecified atom stereocenters. The zero-order chi connectivity index (χ0) is 16.4. The Morgan fingerprint density at radius 1 is 1.27 bits per heavy atom. The van der Waals surface area contributed by atoms with E-state index in [1.54, 1.807) is 11.8 Å². The molecule has 0 N–H and O–H groups in total. The fraction of sp³-hybridized carbons (Fsp3) is 0.824. The van der Waals surface area contributed by atoms with Crippen LogP contribution in [-0.4, -0.2) is 16.7 Å². The van der Waals surface area contributed by atoms with Crippen molar-refractivity contribution in [2.24, 2.45) is 5.41 Å². The summed E-state index contributed by atoms with van der Waals surface area (Å²) in [7, 11) is 0. The van der Waals surface area contributed by atoms with Crippen LogP contribution in [0.2, 0.25) is 0 Å². The van der Waals surface area contributed by atoms with Gasteiger partial charge in [0.1, 0.15) is 0 Å². The van der Waals surface area contributed by atoms with Gasteiger partial charge in [-0.15, -0.1) is 0 Å². The van der Waals surface area contributed by atoms with Crippen molar-refractivity contribution >= 4 is 45.3 Å². The van der Waals surface area contributed by atoms with Crippen LogP contribution in [0.1, 0.15) is 71.6 Å². The standard InChI is InChI=1S/C17H28BrClO2S/c1-3-5-6-8-11-17(13-14(19)22-16(17)18)12-9-7-10-15(20)21-4-2/h13,16H,3-12H2,1-2H3. The van der Waals surface area contributed by atoms with E-state index in [2.05, 4.69) is 28.9 Å². The molecule has 0 saturated carbocycles. The number of hydrogen-bond donors (Lipinski definition) is 0. The van der Waals surface area contributed by atoms with Crippen molar-refractivity contribution < 1.29 is 9.53 Å². The molecule has 2 nitrogen and oxygen atoms in total. The molecule has 0 amide bonds. The van der Waals surface area contributed by atoms with Gasteiger partial charge in [0.2, 0.25) is 0 Å². The monoisotopic (exact) mass is 410 g/mol. The largest absolute Gasteiger partial charge is 0.466 e. The molecule has 1 aliphatic rings. The summed E-state index contributed by atoms with van der Waals surface area (Å²) in [5.41, 5.74) is 0.143. The Morgan fingerprint density at radius 3 is 2.50 bits per heavy atom. The average Bonchev–Trinajstić information content (AvgIpc) is 2.75. The number of allylic oxidation sites excluding steroid dienone is 1. The van der Waals surface area contributed by atoms with Crippen LogP contribution in [0.4, 0.5) is 0 Å². The van der Waals surface area contributed by atoms with Crippen molar-refractivity contribution in [3.05, 3.63) is 10.4 Å². The third kappa shape index (κ3) is 6.84. The number of unbranched alkanes of at least 4 members (excludes halogenated alkanes) is 4. The molecule has 0 spiro atoms. The number of rotatable bonds is 11. The summed E-state index contributed by atoms with van der Waals surface area (Å²) < 4.78 is 6.25. The molecule has 2 atom stereocenters. The summed E-state index contributed by atoms with van der Waals surface area (Å²) in [5, 5.41) is 0. The Kier molecular flexibility index (Phi) is 10.2. The van der Waals surface area contributed by atoms with Gasteiger partial charge in [0, 0.05) is 11.8 Å². The zero-order valence-corrected chi connectivity index (χ0v) is 16.9. The smallest absolute Gasteiger partial charge is 0.305 e. The number of ether oxygens (including phenoxy) is 1. The van der Waals surface area contributed by atoms with Crippen LogP contribution in [0.25, 0.3) is 0 Å². The molecule has 0 fully saturated rings. The number of alkyl halides is 1. The Bertz CT molecular complexity index is 376. The highest BCUT2D eigenvalue weighted by Gasteiger charge is 2.40. The van der Waals surface area contributed by atoms with E-state index in [1.807, 2.05) is 6.92 Å². The summed E-state index contributed by atoms with van der Waals surface area (Å²) >= 11 is 11.8. The first kappa shape index (κ1) is 20.4. The minimum Gasteiger partial charge on any atom is -0.466 e. The van der Waals surface area contributed by atoms with Gasteiger partial charge in [0.15, 0.2) is 0 Å². The van der Waals surface area contributed by atoms with E-state index < -0.39 is 0 Å². The highest BCUT2D eigenvalue weighted by Crippen LogP contribution is 2.54. The highest BCUT2D eigenvalue weighted by molar-refractivity contribution is 9.11. The third-order valence-corrected chi connectivity index (χ3v) is 7.01. The SMILES string of the molecule is CCCCCCC1(CCCCC(=O)OCC)C=C(Cl)SC1Br. The van der Waals surface area contributed by atoms with Gasteiger partial charge in [0.05, 0.1) is 15.1 Å². The fourth-order valence-electron chi connectivity index (χ4n) is 2.88. The Balaban J connectivity index is 2.44. The second-order valence-electron chi connectivity index (χ2n) is 5.94. The molecule has 0 bridgehead atoms. The molecule has 0 radical (unpaired) electrons. The number of halogens is 2. The Labute approximate surface area is 152 Å². The van der Waals surface area contributed by atoms with Gasteiger partial charge in [-0.2, -0.15) is 0 Å². The summed E-state index contributed by atoms with van der Waals surface area (Å²) in [5.74, 6) is -0.0794. The molecule has 5 heteroatoms. The molecule has 22 heavy (non-hydrogen) atoms. The second kappa shape index (κ2) is 11.0. The molecule has 0 aromatic carbocycles. The molecule has 0 aromatic heterocycles. The van der Waals surface area contributed by atoms with E-state index in [0.717, 1.165) is 23.6 Å². The summed E-state index contributed by atoms with van der Waals surface area (Å²) in [6.07, 6.45) is 12.1. The maximum absolute atomic E-state index is 11.4. The summed E-state index contributed by atoms with van der Waals surface area (Å²) in [6.45, 7) is 4.56. The van der Waals surface area contributed by atoms with Gasteiger partial charge in [-0.05, 0) is 26.2 Å². The van der Waals surface area contributed by atoms with Crippen molar-refractivity contribution in [3.63, 3.8) is 0 Å². The van der Waals surface area contributed by atoms with Gasteiger partial charge in [0.25, 0.3) is 0 Å². The van der Waals surface area contributed by atoms with Gasteiger partial charge in [-0.1, -0.05) is 84.4 Å². The summed E-state index contributed by atoms with van der Waals surface area (Å²) in [6, 6.07) is 0. The normalized spacial score (nSPS) is 24.4. The lowest BCUT2D eigenvalue weighted by molar-refractivity contribution is -0.143. The molecule has 0 aliphatic carbocycles. The van der Waals surface area contributed by atoms with Gasteiger partial charge in [-0.3, -0.25) is 4.79 Å². The fourth-order valence-corrected chi connectivity index (χ4v) is 5.92. The van der Waals surface area contributed by atoms with E-state index in [9.17, 15) is 4.79 Å². The first-order chi connectivity index (χ1) is 10.5. The minimum absolute atomic E-state index is 0.0794. The third-order valence-electron chi connectivity index (χ3n) is 4.14. The van der Waals surface area contributed by atoms with E-state index in [1.165, 1.54) is 32.1 Å². The number of thioether (sulfide) groups is 1. The molecular formula is C17H28BrClO2S. The molecule has 1 heterocycles. The van der Waals surface area contributed by atoms with E-state index >= 15 is 0 Å². The van der Waals surface area contributed by atoms with Crippen LogP contribution < -0.4 is 0 Å². The average molecular weight is 412 g/mol. The van der Waals surface area contributed by atoms with Crippen LogP contribution in [0.5, 0.6) is 0 Å². The van der Waals surface area contributed by atoms with Crippen LogP contribution in [0.3, 0.4) is 0 Å². The van der Waals surface area contributed by atoms with Crippen LogP contribution in [0, 0.1) is 5.41 Å². The molecule has 1 aliphatic heterocycles. The van der Waals surface area contributed by atoms with E-state index in [-0.39, 0.29) is 11.4 Å². The van der Waals surface area contributed by atoms with Crippen LogP contribution in [-0.2, 0) is 9.53 Å². The Morgan fingerprint density at radius 2 is 1.95 bits per heavy atom. The summed E-state index contributed by atoms with van der Waals surface area (Å²) in [4.78, 5) is 11.4. The predicted molar refractivity (Wildman–Crippen MR) is 101 cm³/mol. The van der Waals surface area contributed by atoms with Crippen molar-refractivity contribution in [1.82, 2.24) is 0 Å². The number of hydrogen-bond acceptors (Lipinski definition) is 3. The highest BCUT2D eigenvalue weighted by atomic mass is 79.9. The zero-order valence-electron chi connectivity index (χ0n) is 13.7. The van der Waals surface area contributed by atoms with Crippen molar-refractivity contribution in [2.75, 3.05) is 6.61 Å². The maximum Gasteiger partial charge on any atom is 0.305 e. The minimum atomic E-state index is -0.0794. The van der Waals surface area contributed by atoms with E-state index in [0.29, 0.717) is 17.2 Å². The van der Waals surface area contributed by atoms with E-state index in [4.69, 9.17) is 16.3 Å². The maximum atomic E-state index is 11.4. The van der Waals surface area contributed by atoms with Gasteiger partial charge >= 0.3 is 5.97 Å². The first-order valence-corrected chi connectivity index (χ1v) is 10.6. The number of carbonyl (C=O) groups is 1. The van der Waals surface area contributed by atoms with Crippen molar-refractivity contribution in [1.29, 1.82) is 0 Å². The Hall–Kier alpha value is 0.330. The quantitative estimate of drug-likeness (QED) is 0.217. The molecular weight excluding hydrogens is 384 g/mol. The topological polar surface area (TPSA) is 26.3 Å². The molecule has 0 aromatic rings.